The van der Waals surface area contributed by atoms with Crippen LogP contribution in [0.15, 0.2) is 60.7 Å². The molecule has 0 aromatic heterocycles. The van der Waals surface area contributed by atoms with Gasteiger partial charge in [-0.3, -0.25) is 0 Å². The summed E-state index contributed by atoms with van der Waals surface area (Å²) in [5.41, 5.74) is 0.758. The first kappa shape index (κ1) is 20.0. The molecular weight excluding hydrogens is 364 g/mol. The minimum Gasteiger partial charge on any atom is -0.452 e. The van der Waals surface area contributed by atoms with Crippen LogP contribution in [0.5, 0.6) is 0 Å². The molecule has 0 N–H and O–H groups in total. The Balaban J connectivity index is 1.80. The predicted molar refractivity (Wildman–Crippen MR) is 98.8 cm³/mol. The maximum Gasteiger partial charge on any atom is 0.338 e. The first-order chi connectivity index (χ1) is 13.6. The van der Waals surface area contributed by atoms with E-state index in [0.717, 1.165) is 0 Å². The zero-order valence-corrected chi connectivity index (χ0v) is 15.6. The lowest BCUT2D eigenvalue weighted by Gasteiger charge is -2.23. The number of benzene rings is 2. The van der Waals surface area contributed by atoms with E-state index in [9.17, 15) is 9.59 Å². The summed E-state index contributed by atoms with van der Waals surface area (Å²) in [5, 5.41) is 0. The quantitative estimate of drug-likeness (QED) is 0.676. The summed E-state index contributed by atoms with van der Waals surface area (Å²) in [7, 11) is 2.93. The van der Waals surface area contributed by atoms with E-state index in [1.54, 1.807) is 60.7 Å². The average molecular weight is 386 g/mol. The second kappa shape index (κ2) is 9.45. The molecule has 0 bridgehead atoms. The Kier molecular flexibility index (Phi) is 6.76. The molecule has 0 radical (unpaired) electrons. The lowest BCUT2D eigenvalue weighted by Crippen LogP contribution is -2.42. The first-order valence-electron chi connectivity index (χ1n) is 8.83. The molecule has 1 heterocycles. The number of carbonyl (C=O) groups is 2. The van der Waals surface area contributed by atoms with Crippen molar-refractivity contribution in [3.05, 3.63) is 71.8 Å². The van der Waals surface area contributed by atoms with Crippen molar-refractivity contribution < 1.29 is 33.3 Å². The van der Waals surface area contributed by atoms with Crippen molar-refractivity contribution in [1.82, 2.24) is 0 Å². The minimum absolute atomic E-state index is 0.145. The second-order valence-electron chi connectivity index (χ2n) is 6.21. The summed E-state index contributed by atoms with van der Waals surface area (Å²) < 4.78 is 27.5. The van der Waals surface area contributed by atoms with Crippen molar-refractivity contribution in [2.45, 2.75) is 24.6 Å². The largest absolute Gasteiger partial charge is 0.452 e. The van der Waals surface area contributed by atoms with Gasteiger partial charge >= 0.3 is 11.9 Å². The first-order valence-corrected chi connectivity index (χ1v) is 8.83. The monoisotopic (exact) mass is 386 g/mol. The molecule has 0 aliphatic carbocycles. The topological polar surface area (TPSA) is 80.3 Å². The van der Waals surface area contributed by atoms with Crippen molar-refractivity contribution in [3.63, 3.8) is 0 Å². The molecule has 3 rings (SSSR count). The summed E-state index contributed by atoms with van der Waals surface area (Å²) >= 11 is 0. The van der Waals surface area contributed by atoms with Gasteiger partial charge in [0.05, 0.1) is 17.7 Å². The molecule has 148 valence electrons. The Hall–Kier alpha value is -2.74. The summed E-state index contributed by atoms with van der Waals surface area (Å²) in [6.45, 7) is 0.145. The molecule has 0 spiro atoms. The molecule has 1 fully saturated rings. The van der Waals surface area contributed by atoms with Gasteiger partial charge in [0.1, 0.15) is 6.10 Å². The van der Waals surface area contributed by atoms with Crippen LogP contribution in [-0.4, -0.2) is 57.4 Å². The average Bonchev–Trinajstić information content (AvgIpc) is 3.05. The van der Waals surface area contributed by atoms with E-state index < -0.39 is 36.5 Å². The van der Waals surface area contributed by atoms with E-state index in [0.29, 0.717) is 11.1 Å². The van der Waals surface area contributed by atoms with E-state index in [2.05, 4.69) is 0 Å². The fourth-order valence-electron chi connectivity index (χ4n) is 2.98. The van der Waals surface area contributed by atoms with Gasteiger partial charge in [0.25, 0.3) is 0 Å². The number of ether oxygens (including phenoxy) is 5. The Bertz CT molecular complexity index is 778. The Morgan fingerprint density at radius 1 is 0.821 bits per heavy atom. The number of carbonyl (C=O) groups excluding carboxylic acids is 2. The molecule has 2 aromatic rings. The van der Waals surface area contributed by atoms with E-state index in [4.69, 9.17) is 23.7 Å². The van der Waals surface area contributed by atoms with Crippen LogP contribution in [0, 0.1) is 0 Å². The number of rotatable bonds is 7. The third-order valence-electron chi connectivity index (χ3n) is 4.34. The Morgan fingerprint density at radius 3 is 1.79 bits per heavy atom. The van der Waals surface area contributed by atoms with Gasteiger partial charge in [0.15, 0.2) is 18.5 Å². The highest BCUT2D eigenvalue weighted by Crippen LogP contribution is 2.29. The molecule has 28 heavy (non-hydrogen) atoms. The van der Waals surface area contributed by atoms with Crippen molar-refractivity contribution in [3.8, 4) is 0 Å². The predicted octanol–water partition coefficient (Wildman–Crippen LogP) is 2.46. The van der Waals surface area contributed by atoms with E-state index in [1.165, 1.54) is 14.2 Å². The Morgan fingerprint density at radius 2 is 1.32 bits per heavy atom. The zero-order valence-electron chi connectivity index (χ0n) is 15.6. The molecule has 0 amide bonds. The van der Waals surface area contributed by atoms with Crippen LogP contribution in [0.25, 0.3) is 0 Å². The Labute approximate surface area is 163 Å². The van der Waals surface area contributed by atoms with Crippen LogP contribution < -0.4 is 0 Å². The number of hydrogen-bond acceptors (Lipinski definition) is 7. The molecule has 2 aromatic carbocycles. The summed E-state index contributed by atoms with van der Waals surface area (Å²) in [6, 6.07) is 17.1. The zero-order chi connectivity index (χ0) is 19.9. The van der Waals surface area contributed by atoms with Gasteiger partial charge in [0.2, 0.25) is 0 Å². The summed E-state index contributed by atoms with van der Waals surface area (Å²) in [4.78, 5) is 25.1. The fourth-order valence-corrected chi connectivity index (χ4v) is 2.98. The van der Waals surface area contributed by atoms with Crippen LogP contribution in [0.2, 0.25) is 0 Å². The minimum atomic E-state index is -0.939. The normalized spacial score (nSPS) is 23.9. The van der Waals surface area contributed by atoms with Gasteiger partial charge in [-0.1, -0.05) is 36.4 Å². The molecule has 1 saturated heterocycles. The maximum atomic E-state index is 12.5. The standard InChI is InChI=1S/C21H22O7/c1-24-13-16-17(27-19(22)14-9-5-3-6-10-14)18(21(25-2)26-16)28-20(23)15-11-7-4-8-12-15/h3-12,16-18,21H,13H2,1-2H3/t16-,17+,18+,21+/m0/s1. The fraction of sp³-hybridized carbons (Fsp3) is 0.333. The number of esters is 2. The maximum absolute atomic E-state index is 12.5. The van der Waals surface area contributed by atoms with Crippen molar-refractivity contribution in [2.24, 2.45) is 0 Å². The molecular formula is C21H22O7. The van der Waals surface area contributed by atoms with E-state index in [-0.39, 0.29) is 6.61 Å². The lowest BCUT2D eigenvalue weighted by atomic mass is 10.1. The molecule has 7 nitrogen and oxygen atoms in total. The van der Waals surface area contributed by atoms with E-state index in [1.807, 2.05) is 0 Å². The van der Waals surface area contributed by atoms with Crippen LogP contribution in [-0.2, 0) is 23.7 Å². The summed E-state index contributed by atoms with van der Waals surface area (Å²) in [5.74, 6) is -1.11. The number of hydrogen-bond donors (Lipinski definition) is 0. The molecule has 4 atom stereocenters. The highest BCUT2D eigenvalue weighted by atomic mass is 16.7. The SMILES string of the molecule is COC[C@@H]1O[C@@H](OC)[C@H](OC(=O)c2ccccc2)[C@@H]1OC(=O)c1ccccc1. The van der Waals surface area contributed by atoms with Gasteiger partial charge < -0.3 is 23.7 Å². The van der Waals surface area contributed by atoms with Gasteiger partial charge in [-0.15, -0.1) is 0 Å². The second-order valence-corrected chi connectivity index (χ2v) is 6.21. The van der Waals surface area contributed by atoms with Gasteiger partial charge in [-0.2, -0.15) is 0 Å². The van der Waals surface area contributed by atoms with Gasteiger partial charge in [-0.05, 0) is 24.3 Å². The molecule has 7 heteroatoms. The lowest BCUT2D eigenvalue weighted by molar-refractivity contribution is -0.156. The molecule has 1 aliphatic rings. The summed E-state index contributed by atoms with van der Waals surface area (Å²) in [6.07, 6.45) is -3.35. The molecule has 0 unspecified atom stereocenters. The number of methoxy groups -OCH3 is 2. The van der Waals surface area contributed by atoms with Gasteiger partial charge in [0, 0.05) is 14.2 Å². The van der Waals surface area contributed by atoms with Crippen molar-refractivity contribution >= 4 is 11.9 Å². The van der Waals surface area contributed by atoms with Crippen molar-refractivity contribution in [2.75, 3.05) is 20.8 Å². The molecule has 0 saturated carbocycles. The smallest absolute Gasteiger partial charge is 0.338 e. The van der Waals surface area contributed by atoms with Crippen LogP contribution in [0.1, 0.15) is 20.7 Å². The van der Waals surface area contributed by atoms with Crippen LogP contribution >= 0.6 is 0 Å². The highest BCUT2D eigenvalue weighted by Gasteiger charge is 2.50. The molecule has 1 aliphatic heterocycles. The third kappa shape index (κ3) is 4.56. The van der Waals surface area contributed by atoms with Crippen LogP contribution in [0.3, 0.4) is 0 Å². The highest BCUT2D eigenvalue weighted by molar-refractivity contribution is 5.90. The van der Waals surface area contributed by atoms with Crippen molar-refractivity contribution in [1.29, 1.82) is 0 Å². The van der Waals surface area contributed by atoms with Crippen LogP contribution in [0.4, 0.5) is 0 Å². The third-order valence-corrected chi connectivity index (χ3v) is 4.34. The van der Waals surface area contributed by atoms with Gasteiger partial charge in [-0.25, -0.2) is 9.59 Å². The van der Waals surface area contributed by atoms with E-state index >= 15 is 0 Å².